The maximum atomic E-state index is 12.8. The summed E-state index contributed by atoms with van der Waals surface area (Å²) < 4.78 is 35.3. The summed E-state index contributed by atoms with van der Waals surface area (Å²) in [4.78, 5) is 12.8. The lowest BCUT2D eigenvalue weighted by atomic mass is 10.2. The van der Waals surface area contributed by atoms with Gasteiger partial charge in [-0.25, -0.2) is 17.9 Å². The number of benzene rings is 1. The summed E-state index contributed by atoms with van der Waals surface area (Å²) in [6, 6.07) is 12.6. The van der Waals surface area contributed by atoms with Crippen molar-refractivity contribution in [3.8, 4) is 11.8 Å². The maximum absolute atomic E-state index is 12.8. The van der Waals surface area contributed by atoms with Gasteiger partial charge in [0.15, 0.2) is 0 Å². The number of sulfonamides is 1. The number of rotatable bonds is 8. The zero-order chi connectivity index (χ0) is 23.5. The highest BCUT2D eigenvalue weighted by Crippen LogP contribution is 2.22. The van der Waals surface area contributed by atoms with E-state index >= 15 is 0 Å². The molecular weight excluding hydrogens is 430 g/mol. The molecule has 32 heavy (non-hydrogen) atoms. The second-order valence-corrected chi connectivity index (χ2v) is 9.04. The Hall–Kier alpha value is -3.42. The lowest BCUT2D eigenvalue weighted by molar-refractivity contribution is 0.0453. The highest BCUT2D eigenvalue weighted by Gasteiger charge is 2.26. The first-order chi connectivity index (χ1) is 15.2. The van der Waals surface area contributed by atoms with Gasteiger partial charge in [-0.1, -0.05) is 32.0 Å². The van der Waals surface area contributed by atoms with Crippen molar-refractivity contribution in [1.29, 1.82) is 5.26 Å². The Kier molecular flexibility index (Phi) is 6.81. The van der Waals surface area contributed by atoms with Gasteiger partial charge in [0.05, 0.1) is 17.1 Å². The third-order valence-corrected chi connectivity index (χ3v) is 7.16. The molecule has 2 heterocycles. The minimum absolute atomic E-state index is 0.0264. The first-order valence-corrected chi connectivity index (χ1v) is 11.6. The van der Waals surface area contributed by atoms with Crippen LogP contribution in [0.25, 0.3) is 5.69 Å². The molecule has 0 N–H and O–H groups in total. The summed E-state index contributed by atoms with van der Waals surface area (Å²) in [7, 11) is -2.13. The van der Waals surface area contributed by atoms with Crippen LogP contribution in [0, 0.1) is 18.3 Å². The zero-order valence-electron chi connectivity index (χ0n) is 18.4. The molecule has 10 heteroatoms. The van der Waals surface area contributed by atoms with Gasteiger partial charge >= 0.3 is 5.97 Å². The van der Waals surface area contributed by atoms with Crippen molar-refractivity contribution in [1.82, 2.24) is 18.7 Å². The predicted octanol–water partition coefficient (Wildman–Crippen LogP) is 2.78. The summed E-state index contributed by atoms with van der Waals surface area (Å²) in [5, 5.41) is 14.0. The fourth-order valence-corrected chi connectivity index (χ4v) is 4.97. The first kappa shape index (κ1) is 23.2. The van der Waals surface area contributed by atoms with Gasteiger partial charge in [-0.3, -0.25) is 0 Å². The molecule has 0 aliphatic rings. The van der Waals surface area contributed by atoms with Crippen molar-refractivity contribution in [2.24, 2.45) is 7.05 Å². The molecule has 0 spiro atoms. The van der Waals surface area contributed by atoms with E-state index < -0.39 is 16.0 Å². The highest BCUT2D eigenvalue weighted by molar-refractivity contribution is 7.89. The Morgan fingerprint density at radius 2 is 1.88 bits per heavy atom. The van der Waals surface area contributed by atoms with Crippen LogP contribution < -0.4 is 0 Å². The fourth-order valence-electron chi connectivity index (χ4n) is 3.44. The number of ether oxygens (including phenoxy) is 1. The number of hydrogen-bond donors (Lipinski definition) is 0. The summed E-state index contributed by atoms with van der Waals surface area (Å²) >= 11 is 0. The molecule has 0 saturated carbocycles. The van der Waals surface area contributed by atoms with E-state index in [0.717, 1.165) is 5.69 Å². The minimum Gasteiger partial charge on any atom is -0.454 e. The number of aryl methyl sites for hydroxylation is 2. The second-order valence-electron chi connectivity index (χ2n) is 7.10. The molecule has 3 aromatic rings. The van der Waals surface area contributed by atoms with E-state index in [9.17, 15) is 18.5 Å². The summed E-state index contributed by atoms with van der Waals surface area (Å²) in [6.07, 6.45) is 1.39. The van der Waals surface area contributed by atoms with Crippen molar-refractivity contribution in [3.05, 3.63) is 65.2 Å². The van der Waals surface area contributed by atoms with Gasteiger partial charge in [-0.05, 0) is 25.1 Å². The molecule has 9 nitrogen and oxygen atoms in total. The molecular formula is C22H25N5O4S. The normalized spacial score (nSPS) is 11.5. The van der Waals surface area contributed by atoms with E-state index in [0.29, 0.717) is 30.0 Å². The molecule has 1 aromatic carbocycles. The van der Waals surface area contributed by atoms with E-state index in [1.807, 2.05) is 30.3 Å². The van der Waals surface area contributed by atoms with Crippen molar-refractivity contribution >= 4 is 16.0 Å². The number of carbonyl (C=O) groups is 1. The average Bonchev–Trinajstić information content (AvgIpc) is 3.33. The van der Waals surface area contributed by atoms with E-state index in [2.05, 4.69) is 11.2 Å². The molecule has 0 fully saturated rings. The Morgan fingerprint density at radius 1 is 1.22 bits per heavy atom. The summed E-state index contributed by atoms with van der Waals surface area (Å²) in [6.45, 7) is 5.68. The lowest BCUT2D eigenvalue weighted by Crippen LogP contribution is -2.30. The SMILES string of the molecule is CCN(CC)S(=O)(=O)c1cc(C(=O)OCc2c(C#N)c(C)nn2-c2ccccc2)n(C)c1. The maximum Gasteiger partial charge on any atom is 0.355 e. The van der Waals surface area contributed by atoms with Crippen LogP contribution in [0.1, 0.15) is 41.3 Å². The molecule has 0 aliphatic carbocycles. The summed E-state index contributed by atoms with van der Waals surface area (Å²) in [5.41, 5.74) is 2.12. The smallest absolute Gasteiger partial charge is 0.355 e. The predicted molar refractivity (Wildman–Crippen MR) is 118 cm³/mol. The van der Waals surface area contributed by atoms with Crippen molar-refractivity contribution in [2.75, 3.05) is 13.1 Å². The molecule has 0 atom stereocenters. The zero-order valence-corrected chi connectivity index (χ0v) is 19.3. The largest absolute Gasteiger partial charge is 0.454 e. The number of nitrogens with zero attached hydrogens (tertiary/aromatic N) is 5. The van der Waals surface area contributed by atoms with Gasteiger partial charge < -0.3 is 9.30 Å². The van der Waals surface area contributed by atoms with Gasteiger partial charge in [-0.2, -0.15) is 14.7 Å². The number of hydrogen-bond acceptors (Lipinski definition) is 6. The van der Waals surface area contributed by atoms with E-state index in [4.69, 9.17) is 4.74 Å². The second kappa shape index (κ2) is 9.38. The standard InChI is InChI=1S/C22H25N5O4S/c1-5-26(6-2)32(29,30)18-12-20(25(4)14-18)22(28)31-15-21-19(13-23)16(3)24-27(21)17-10-8-7-9-11-17/h7-12,14H,5-6,15H2,1-4H3. The minimum atomic E-state index is -3.71. The van der Waals surface area contributed by atoms with Crippen molar-refractivity contribution in [3.63, 3.8) is 0 Å². The molecule has 0 radical (unpaired) electrons. The molecule has 0 amide bonds. The average molecular weight is 456 g/mol. The van der Waals surface area contributed by atoms with Gasteiger partial charge in [0.25, 0.3) is 0 Å². The molecule has 3 rings (SSSR count). The quantitative estimate of drug-likeness (QED) is 0.483. The topological polar surface area (TPSA) is 110 Å². The number of carbonyl (C=O) groups excluding carboxylic acids is 1. The fraction of sp³-hybridized carbons (Fsp3) is 0.318. The van der Waals surface area contributed by atoms with Crippen molar-refractivity contribution in [2.45, 2.75) is 32.3 Å². The van der Waals surface area contributed by atoms with Crippen LogP contribution in [0.3, 0.4) is 0 Å². The number of para-hydroxylation sites is 1. The van der Waals surface area contributed by atoms with Crippen LogP contribution >= 0.6 is 0 Å². The Morgan fingerprint density at radius 3 is 2.47 bits per heavy atom. The van der Waals surface area contributed by atoms with Crippen LogP contribution in [0.4, 0.5) is 0 Å². The Balaban J connectivity index is 1.88. The third kappa shape index (κ3) is 4.30. The van der Waals surface area contributed by atoms with Crippen LogP contribution in [0.15, 0.2) is 47.5 Å². The van der Waals surface area contributed by atoms with Gasteiger partial charge in [0.2, 0.25) is 10.0 Å². The third-order valence-electron chi connectivity index (χ3n) is 5.14. The van der Waals surface area contributed by atoms with Crippen LogP contribution in [0.5, 0.6) is 0 Å². The van der Waals surface area contributed by atoms with Crippen molar-refractivity contribution < 1.29 is 17.9 Å². The van der Waals surface area contributed by atoms with Gasteiger partial charge in [0, 0.05) is 26.3 Å². The molecule has 0 aliphatic heterocycles. The molecule has 0 bridgehead atoms. The molecule has 0 saturated heterocycles. The number of esters is 1. The van der Waals surface area contributed by atoms with Crippen LogP contribution in [-0.4, -0.2) is 46.1 Å². The van der Waals surface area contributed by atoms with E-state index in [1.165, 1.54) is 21.1 Å². The van der Waals surface area contributed by atoms with E-state index in [-0.39, 0.29) is 17.2 Å². The number of aromatic nitrogens is 3. The lowest BCUT2D eigenvalue weighted by Gasteiger charge is -2.17. The first-order valence-electron chi connectivity index (χ1n) is 10.1. The Labute approximate surface area is 187 Å². The molecule has 0 unspecified atom stereocenters. The van der Waals surface area contributed by atoms with Gasteiger partial charge in [0.1, 0.15) is 28.8 Å². The number of nitriles is 1. The van der Waals surface area contributed by atoms with Crippen LogP contribution in [-0.2, 0) is 28.4 Å². The van der Waals surface area contributed by atoms with E-state index in [1.54, 1.807) is 32.5 Å². The van der Waals surface area contributed by atoms with Gasteiger partial charge in [-0.15, -0.1) is 0 Å². The van der Waals surface area contributed by atoms with Crippen LogP contribution in [0.2, 0.25) is 0 Å². The molecule has 168 valence electrons. The monoisotopic (exact) mass is 455 g/mol. The molecule has 2 aromatic heterocycles. The highest BCUT2D eigenvalue weighted by atomic mass is 32.2. The summed E-state index contributed by atoms with van der Waals surface area (Å²) in [5.74, 6) is -0.698. The Bertz CT molecular complexity index is 1270.